The van der Waals surface area contributed by atoms with E-state index in [2.05, 4.69) is 36.4 Å². The number of nitrogens with zero attached hydrogens (tertiary/aromatic N) is 2. The number of amides is 2. The average Bonchev–Trinajstić information content (AvgIpc) is 2.73. The fourth-order valence-corrected chi connectivity index (χ4v) is 3.78. The van der Waals surface area contributed by atoms with Gasteiger partial charge in [0.15, 0.2) is 0 Å². The van der Waals surface area contributed by atoms with E-state index in [1.54, 1.807) is 24.3 Å². The van der Waals surface area contributed by atoms with Gasteiger partial charge in [-0.1, -0.05) is 45.2 Å². The molecule has 0 radical (unpaired) electrons. The van der Waals surface area contributed by atoms with Crippen molar-refractivity contribution in [3.05, 3.63) is 62.5 Å². The molecule has 1 aliphatic rings. The maximum atomic E-state index is 12.0. The topological polar surface area (TPSA) is 64.7 Å². The lowest BCUT2D eigenvalue weighted by Gasteiger charge is -2.34. The number of benzene rings is 2. The molecule has 1 heterocycles. The van der Waals surface area contributed by atoms with Crippen LogP contribution in [-0.4, -0.2) is 60.9 Å². The molecule has 0 spiro atoms. The van der Waals surface area contributed by atoms with E-state index in [4.69, 9.17) is 23.2 Å². The molecule has 1 saturated heterocycles. The lowest BCUT2D eigenvalue weighted by atomic mass is 10.2. The lowest BCUT2D eigenvalue weighted by molar-refractivity contribution is -0.136. The zero-order valence-corrected chi connectivity index (χ0v) is 19.4. The smallest absolute Gasteiger partial charge is 0.313 e. The Morgan fingerprint density at radius 1 is 0.900 bits per heavy atom. The van der Waals surface area contributed by atoms with Crippen LogP contribution in [-0.2, 0) is 16.1 Å². The Labute approximate surface area is 194 Å². The number of rotatable bonds is 6. The highest BCUT2D eigenvalue weighted by Gasteiger charge is 2.18. The molecule has 2 N–H and O–H groups in total. The van der Waals surface area contributed by atoms with Crippen molar-refractivity contribution in [3.8, 4) is 0 Å². The van der Waals surface area contributed by atoms with Gasteiger partial charge in [0, 0.05) is 56.0 Å². The zero-order chi connectivity index (χ0) is 21.5. The van der Waals surface area contributed by atoms with Crippen molar-refractivity contribution in [1.29, 1.82) is 0 Å². The summed E-state index contributed by atoms with van der Waals surface area (Å²) in [6.07, 6.45) is 0. The van der Waals surface area contributed by atoms with Gasteiger partial charge in [0.05, 0.1) is 10.0 Å². The average molecular weight is 514 g/mol. The molecule has 0 aliphatic carbocycles. The summed E-state index contributed by atoms with van der Waals surface area (Å²) in [7, 11) is 0. The Kier molecular flexibility index (Phi) is 8.53. The van der Waals surface area contributed by atoms with E-state index in [9.17, 15) is 9.59 Å². The summed E-state index contributed by atoms with van der Waals surface area (Å²) >= 11 is 15.4. The normalized spacial score (nSPS) is 15.0. The standard InChI is InChI=1S/C21H23BrCl2N4O2/c22-16-2-4-17(5-3-16)26-21(30)20(29)25-7-8-27-9-11-28(12-10-27)14-15-1-6-18(23)19(24)13-15/h1-6,13H,7-12,14H2,(H,25,29)(H,26,30). The van der Waals surface area contributed by atoms with E-state index in [0.29, 0.717) is 28.8 Å². The Balaban J connectivity index is 1.34. The van der Waals surface area contributed by atoms with E-state index in [1.807, 2.05) is 18.2 Å². The van der Waals surface area contributed by atoms with Crippen LogP contribution in [0.15, 0.2) is 46.9 Å². The Bertz CT molecular complexity index is 887. The van der Waals surface area contributed by atoms with Crippen molar-refractivity contribution >= 4 is 56.6 Å². The number of hydrogen-bond acceptors (Lipinski definition) is 4. The van der Waals surface area contributed by atoms with Crippen molar-refractivity contribution in [1.82, 2.24) is 15.1 Å². The largest absolute Gasteiger partial charge is 0.347 e. The van der Waals surface area contributed by atoms with Gasteiger partial charge in [-0.3, -0.25) is 19.4 Å². The van der Waals surface area contributed by atoms with Gasteiger partial charge in [-0.25, -0.2) is 0 Å². The number of hydrogen-bond donors (Lipinski definition) is 2. The molecule has 3 rings (SSSR count). The fraction of sp³-hybridized carbons (Fsp3) is 0.333. The van der Waals surface area contributed by atoms with E-state index in [1.165, 1.54) is 0 Å². The third kappa shape index (κ3) is 6.96. The molecule has 0 atom stereocenters. The Morgan fingerprint density at radius 3 is 2.23 bits per heavy atom. The third-order valence-corrected chi connectivity index (χ3v) is 6.14. The van der Waals surface area contributed by atoms with Gasteiger partial charge >= 0.3 is 11.8 Å². The van der Waals surface area contributed by atoms with Crippen LogP contribution >= 0.6 is 39.1 Å². The Morgan fingerprint density at radius 2 is 1.57 bits per heavy atom. The minimum Gasteiger partial charge on any atom is -0.347 e. The quantitative estimate of drug-likeness (QED) is 0.579. The predicted octanol–water partition coefficient (Wildman–Crippen LogP) is 3.63. The molecule has 1 aliphatic heterocycles. The monoisotopic (exact) mass is 512 g/mol. The first kappa shape index (κ1) is 23.0. The van der Waals surface area contributed by atoms with Crippen LogP contribution in [0.5, 0.6) is 0 Å². The first-order valence-corrected chi connectivity index (χ1v) is 11.2. The molecule has 2 aromatic rings. The van der Waals surface area contributed by atoms with Crippen molar-refractivity contribution in [2.24, 2.45) is 0 Å². The first-order chi connectivity index (χ1) is 14.4. The van der Waals surface area contributed by atoms with Crippen molar-refractivity contribution < 1.29 is 9.59 Å². The second-order valence-electron chi connectivity index (χ2n) is 7.08. The molecule has 0 bridgehead atoms. The molecular weight excluding hydrogens is 491 g/mol. The number of carbonyl (C=O) groups excluding carboxylic acids is 2. The second-order valence-corrected chi connectivity index (χ2v) is 8.81. The maximum absolute atomic E-state index is 12.0. The second kappa shape index (κ2) is 11.1. The van der Waals surface area contributed by atoms with Crippen LogP contribution in [0.25, 0.3) is 0 Å². The van der Waals surface area contributed by atoms with Crippen LogP contribution in [0.3, 0.4) is 0 Å². The van der Waals surface area contributed by atoms with E-state index < -0.39 is 11.8 Å². The van der Waals surface area contributed by atoms with E-state index >= 15 is 0 Å². The summed E-state index contributed by atoms with van der Waals surface area (Å²) in [6.45, 7) is 5.63. The molecule has 0 saturated carbocycles. The van der Waals surface area contributed by atoms with Crippen LogP contribution < -0.4 is 10.6 Å². The van der Waals surface area contributed by atoms with Gasteiger partial charge in [-0.2, -0.15) is 0 Å². The SMILES string of the molecule is O=C(NCCN1CCN(Cc2ccc(Cl)c(Cl)c2)CC1)C(=O)Nc1ccc(Br)cc1. The highest BCUT2D eigenvalue weighted by atomic mass is 79.9. The summed E-state index contributed by atoms with van der Waals surface area (Å²) in [5.41, 5.74) is 1.72. The van der Waals surface area contributed by atoms with Crippen LogP contribution in [0, 0.1) is 0 Å². The molecule has 160 valence electrons. The van der Waals surface area contributed by atoms with Crippen LogP contribution in [0.1, 0.15) is 5.56 Å². The van der Waals surface area contributed by atoms with Crippen molar-refractivity contribution in [3.63, 3.8) is 0 Å². The maximum Gasteiger partial charge on any atom is 0.313 e. The summed E-state index contributed by atoms with van der Waals surface area (Å²) < 4.78 is 0.905. The van der Waals surface area contributed by atoms with Gasteiger partial charge < -0.3 is 10.6 Å². The highest BCUT2D eigenvalue weighted by Crippen LogP contribution is 2.23. The Hall–Kier alpha value is -1.64. The first-order valence-electron chi connectivity index (χ1n) is 9.64. The van der Waals surface area contributed by atoms with Crippen molar-refractivity contribution in [2.45, 2.75) is 6.54 Å². The molecule has 1 fully saturated rings. The molecule has 30 heavy (non-hydrogen) atoms. The van der Waals surface area contributed by atoms with Gasteiger partial charge in [0.2, 0.25) is 0 Å². The molecule has 6 nitrogen and oxygen atoms in total. The molecular formula is C21H23BrCl2N4O2. The minimum atomic E-state index is -0.663. The minimum absolute atomic E-state index is 0.430. The number of carbonyl (C=O) groups is 2. The predicted molar refractivity (Wildman–Crippen MR) is 124 cm³/mol. The number of nitrogens with one attached hydrogen (secondary N) is 2. The summed E-state index contributed by atoms with van der Waals surface area (Å²) in [5.74, 6) is -1.29. The number of anilines is 1. The van der Waals surface area contributed by atoms with E-state index in [0.717, 1.165) is 42.8 Å². The van der Waals surface area contributed by atoms with Gasteiger partial charge in [-0.05, 0) is 42.0 Å². The van der Waals surface area contributed by atoms with Gasteiger partial charge in [0.25, 0.3) is 0 Å². The zero-order valence-electron chi connectivity index (χ0n) is 16.3. The molecule has 2 aromatic carbocycles. The molecule has 0 unspecified atom stereocenters. The summed E-state index contributed by atoms with van der Waals surface area (Å²) in [4.78, 5) is 28.6. The van der Waals surface area contributed by atoms with Crippen molar-refractivity contribution in [2.75, 3.05) is 44.6 Å². The van der Waals surface area contributed by atoms with Gasteiger partial charge in [-0.15, -0.1) is 0 Å². The fourth-order valence-electron chi connectivity index (χ4n) is 3.20. The van der Waals surface area contributed by atoms with Crippen LogP contribution in [0.4, 0.5) is 5.69 Å². The molecule has 2 amide bonds. The highest BCUT2D eigenvalue weighted by molar-refractivity contribution is 9.10. The number of halogens is 3. The van der Waals surface area contributed by atoms with Gasteiger partial charge in [0.1, 0.15) is 0 Å². The lowest BCUT2D eigenvalue weighted by Crippen LogP contribution is -2.48. The third-order valence-electron chi connectivity index (χ3n) is 4.88. The van der Waals surface area contributed by atoms with E-state index in [-0.39, 0.29) is 0 Å². The molecule has 0 aromatic heterocycles. The molecule has 9 heteroatoms. The van der Waals surface area contributed by atoms with Crippen LogP contribution in [0.2, 0.25) is 10.0 Å². The summed E-state index contributed by atoms with van der Waals surface area (Å²) in [5, 5.41) is 6.41. The number of piperazine rings is 1. The summed E-state index contributed by atoms with van der Waals surface area (Å²) in [6, 6.07) is 12.8.